The fraction of sp³-hybridized carbons (Fsp3) is 0.562. The smallest absolute Gasteiger partial charge is 0.376 e. The largest absolute Gasteiger partial charge is 0.412 e. The molecule has 0 bridgehead atoms. The van der Waals surface area contributed by atoms with E-state index in [9.17, 15) is 18.0 Å². The number of hydrogen-bond acceptors (Lipinski definition) is 3. The number of benzene rings is 1. The minimum atomic E-state index is -4.58. The minimum Gasteiger partial charge on any atom is -0.376 e. The highest BCUT2D eigenvalue weighted by molar-refractivity contribution is 5.80. The van der Waals surface area contributed by atoms with Crippen molar-refractivity contribution >= 4 is 5.91 Å². The van der Waals surface area contributed by atoms with E-state index in [1.54, 1.807) is 6.07 Å². The van der Waals surface area contributed by atoms with Crippen molar-refractivity contribution in [2.45, 2.75) is 44.2 Å². The maximum Gasteiger partial charge on any atom is 0.412 e. The van der Waals surface area contributed by atoms with Gasteiger partial charge in [-0.05, 0) is 25.3 Å². The molecule has 1 amide bonds. The van der Waals surface area contributed by atoms with Gasteiger partial charge in [0.2, 0.25) is 5.91 Å². The molecule has 1 aliphatic heterocycles. The van der Waals surface area contributed by atoms with Crippen LogP contribution >= 0.6 is 0 Å². The molecule has 1 saturated heterocycles. The minimum absolute atomic E-state index is 0.0142. The molecule has 0 aromatic heterocycles. The van der Waals surface area contributed by atoms with Crippen molar-refractivity contribution in [3.8, 4) is 0 Å². The summed E-state index contributed by atoms with van der Waals surface area (Å²) < 4.78 is 50.2. The predicted octanol–water partition coefficient (Wildman–Crippen LogP) is 2.99. The van der Waals surface area contributed by atoms with Gasteiger partial charge >= 0.3 is 6.18 Å². The molecule has 1 N–H and O–H groups in total. The van der Waals surface area contributed by atoms with Gasteiger partial charge in [-0.25, -0.2) is 0 Å². The van der Waals surface area contributed by atoms with Crippen LogP contribution in [0.5, 0.6) is 0 Å². The molecule has 1 fully saturated rings. The molecule has 128 valence electrons. The van der Waals surface area contributed by atoms with E-state index >= 15 is 0 Å². The monoisotopic (exact) mass is 331 g/mol. The second-order valence-electron chi connectivity index (χ2n) is 5.50. The number of carbonyl (C=O) groups is 1. The topological polar surface area (TPSA) is 47.6 Å². The van der Waals surface area contributed by atoms with E-state index in [1.165, 1.54) is 31.2 Å². The van der Waals surface area contributed by atoms with Crippen LogP contribution in [0.15, 0.2) is 30.3 Å². The molecular weight excluding hydrogens is 311 g/mol. The van der Waals surface area contributed by atoms with Crippen LogP contribution in [-0.2, 0) is 14.3 Å². The first kappa shape index (κ1) is 17.7. The SMILES string of the molecule is C[C@H](OC[C@@H]1CCCO1)C(=O)N[C@@H](c1ccccc1)C(F)(F)F. The second kappa shape index (κ2) is 7.79. The summed E-state index contributed by atoms with van der Waals surface area (Å²) in [5.41, 5.74) is -0.0142. The lowest BCUT2D eigenvalue weighted by Gasteiger charge is -2.24. The Kier molecular flexibility index (Phi) is 6.01. The first-order chi connectivity index (χ1) is 10.9. The van der Waals surface area contributed by atoms with Crippen molar-refractivity contribution in [2.24, 2.45) is 0 Å². The van der Waals surface area contributed by atoms with E-state index in [2.05, 4.69) is 0 Å². The van der Waals surface area contributed by atoms with Gasteiger partial charge in [-0.3, -0.25) is 4.79 Å². The average Bonchev–Trinajstić information content (AvgIpc) is 3.03. The number of carbonyl (C=O) groups excluding carboxylic acids is 1. The molecule has 0 spiro atoms. The van der Waals surface area contributed by atoms with Crippen molar-refractivity contribution in [1.29, 1.82) is 0 Å². The van der Waals surface area contributed by atoms with Gasteiger partial charge in [0, 0.05) is 6.61 Å². The Balaban J connectivity index is 1.94. The second-order valence-corrected chi connectivity index (χ2v) is 5.50. The Bertz CT molecular complexity index is 501. The summed E-state index contributed by atoms with van der Waals surface area (Å²) in [7, 11) is 0. The van der Waals surface area contributed by atoms with E-state index in [-0.39, 0.29) is 18.3 Å². The van der Waals surface area contributed by atoms with Crippen LogP contribution in [0.4, 0.5) is 13.2 Å². The molecule has 1 aromatic rings. The molecule has 0 aliphatic carbocycles. The van der Waals surface area contributed by atoms with Crippen molar-refractivity contribution in [3.05, 3.63) is 35.9 Å². The first-order valence-electron chi connectivity index (χ1n) is 7.53. The Morgan fingerprint density at radius 1 is 1.39 bits per heavy atom. The molecule has 0 saturated carbocycles. The lowest BCUT2D eigenvalue weighted by Crippen LogP contribution is -2.43. The van der Waals surface area contributed by atoms with Crippen molar-refractivity contribution in [2.75, 3.05) is 13.2 Å². The Morgan fingerprint density at radius 3 is 2.65 bits per heavy atom. The van der Waals surface area contributed by atoms with E-state index in [0.29, 0.717) is 6.61 Å². The summed E-state index contributed by atoms with van der Waals surface area (Å²) in [5.74, 6) is -0.797. The Morgan fingerprint density at radius 2 is 2.09 bits per heavy atom. The number of nitrogens with one attached hydrogen (secondary N) is 1. The quantitative estimate of drug-likeness (QED) is 0.872. The molecule has 4 nitrogen and oxygen atoms in total. The van der Waals surface area contributed by atoms with Gasteiger partial charge in [0.25, 0.3) is 0 Å². The molecular formula is C16H20F3NO3. The van der Waals surface area contributed by atoms with Crippen molar-refractivity contribution < 1.29 is 27.4 Å². The fourth-order valence-corrected chi connectivity index (χ4v) is 2.36. The molecule has 0 unspecified atom stereocenters. The molecule has 0 radical (unpaired) electrons. The van der Waals surface area contributed by atoms with Gasteiger partial charge in [0.1, 0.15) is 6.10 Å². The van der Waals surface area contributed by atoms with Crippen LogP contribution < -0.4 is 5.32 Å². The van der Waals surface area contributed by atoms with Gasteiger partial charge in [-0.1, -0.05) is 30.3 Å². The number of alkyl halides is 3. The van der Waals surface area contributed by atoms with E-state index in [1.807, 2.05) is 5.32 Å². The third kappa shape index (κ3) is 5.21. The molecule has 1 heterocycles. The number of halogens is 3. The summed E-state index contributed by atoms with van der Waals surface area (Å²) in [4.78, 5) is 12.0. The summed E-state index contributed by atoms with van der Waals surface area (Å²) in [6.45, 7) is 2.29. The maximum absolute atomic E-state index is 13.2. The van der Waals surface area contributed by atoms with Crippen LogP contribution in [0.1, 0.15) is 31.4 Å². The summed E-state index contributed by atoms with van der Waals surface area (Å²) in [5, 5.41) is 2.02. The van der Waals surface area contributed by atoms with Crippen LogP contribution in [0.2, 0.25) is 0 Å². The van der Waals surface area contributed by atoms with Gasteiger partial charge in [-0.15, -0.1) is 0 Å². The highest BCUT2D eigenvalue weighted by Crippen LogP contribution is 2.32. The molecule has 23 heavy (non-hydrogen) atoms. The standard InChI is InChI=1S/C16H20F3NO3/c1-11(23-10-13-8-5-9-22-13)15(21)20-14(16(17,18)19)12-6-3-2-4-7-12/h2-4,6-7,11,13-14H,5,8-10H2,1H3,(H,20,21)/t11-,13-,14-/m0/s1. The first-order valence-corrected chi connectivity index (χ1v) is 7.53. The van der Waals surface area contributed by atoms with E-state index in [4.69, 9.17) is 9.47 Å². The van der Waals surface area contributed by atoms with Gasteiger partial charge in [0.15, 0.2) is 6.04 Å². The van der Waals surface area contributed by atoms with Crippen molar-refractivity contribution in [3.63, 3.8) is 0 Å². The predicted molar refractivity (Wildman–Crippen MR) is 77.8 cm³/mol. The van der Waals surface area contributed by atoms with Crippen LogP contribution in [0, 0.1) is 0 Å². The summed E-state index contributed by atoms with van der Waals surface area (Å²) in [6.07, 6.45) is -3.88. The Labute approximate surface area is 133 Å². The average molecular weight is 331 g/mol. The van der Waals surface area contributed by atoms with Crippen LogP contribution in [0.3, 0.4) is 0 Å². The highest BCUT2D eigenvalue weighted by Gasteiger charge is 2.42. The zero-order valence-electron chi connectivity index (χ0n) is 12.8. The van der Waals surface area contributed by atoms with Crippen molar-refractivity contribution in [1.82, 2.24) is 5.32 Å². The maximum atomic E-state index is 13.2. The normalized spacial score (nSPS) is 21.0. The molecule has 1 aliphatic rings. The molecule has 7 heteroatoms. The van der Waals surface area contributed by atoms with Gasteiger partial charge < -0.3 is 14.8 Å². The van der Waals surface area contributed by atoms with E-state index in [0.717, 1.165) is 12.8 Å². The summed E-state index contributed by atoms with van der Waals surface area (Å²) in [6, 6.07) is 5.22. The third-order valence-electron chi connectivity index (χ3n) is 3.67. The van der Waals surface area contributed by atoms with Crippen LogP contribution in [0.25, 0.3) is 0 Å². The van der Waals surface area contributed by atoms with Gasteiger partial charge in [-0.2, -0.15) is 13.2 Å². The lowest BCUT2D eigenvalue weighted by molar-refractivity contribution is -0.167. The zero-order valence-corrected chi connectivity index (χ0v) is 12.8. The van der Waals surface area contributed by atoms with E-state index < -0.39 is 24.2 Å². The Hall–Kier alpha value is -1.60. The molecule has 2 rings (SSSR count). The lowest BCUT2D eigenvalue weighted by atomic mass is 10.1. The summed E-state index contributed by atoms with van der Waals surface area (Å²) >= 11 is 0. The van der Waals surface area contributed by atoms with Gasteiger partial charge in [0.05, 0.1) is 12.7 Å². The number of rotatable bonds is 6. The zero-order chi connectivity index (χ0) is 16.9. The third-order valence-corrected chi connectivity index (χ3v) is 3.67. The highest BCUT2D eigenvalue weighted by atomic mass is 19.4. The number of hydrogen-bond donors (Lipinski definition) is 1. The molecule has 3 atom stereocenters. The number of amides is 1. The number of ether oxygens (including phenoxy) is 2. The fourth-order valence-electron chi connectivity index (χ4n) is 2.36. The van der Waals surface area contributed by atoms with Crippen LogP contribution in [-0.4, -0.2) is 37.5 Å². The molecule has 1 aromatic carbocycles.